The van der Waals surface area contributed by atoms with Crippen molar-refractivity contribution in [2.45, 2.75) is 17.7 Å². The predicted octanol–water partition coefficient (Wildman–Crippen LogP) is 1.83. The molecule has 2 rings (SSSR count). The number of sulfonamides is 1. The van der Waals surface area contributed by atoms with E-state index in [9.17, 15) is 8.42 Å². The Morgan fingerprint density at radius 3 is 2.48 bits per heavy atom. The van der Waals surface area contributed by atoms with Crippen molar-refractivity contribution in [3.63, 3.8) is 0 Å². The van der Waals surface area contributed by atoms with Crippen LogP contribution in [0.15, 0.2) is 29.2 Å². The van der Waals surface area contributed by atoms with E-state index in [4.69, 9.17) is 22.1 Å². The molecule has 0 radical (unpaired) electrons. The maximum Gasteiger partial charge on any atom is 0.238 e. The van der Waals surface area contributed by atoms with Crippen molar-refractivity contribution in [2.24, 2.45) is 5.14 Å². The quantitative estimate of drug-likeness (QED) is 0.648. The molecule has 0 amide bonds. The summed E-state index contributed by atoms with van der Waals surface area (Å²) in [5, 5.41) is 5.03. The first-order chi connectivity index (χ1) is 9.97. The van der Waals surface area contributed by atoms with Crippen LogP contribution in [0, 0.1) is 0 Å². The molecule has 1 aromatic carbocycles. The number of nitrogens with two attached hydrogens (primary N) is 1. The first-order valence-electron chi connectivity index (χ1n) is 6.64. The van der Waals surface area contributed by atoms with E-state index >= 15 is 0 Å². The summed E-state index contributed by atoms with van der Waals surface area (Å²) in [4.78, 5) is 2.31. The van der Waals surface area contributed by atoms with Crippen LogP contribution in [0.5, 0.6) is 5.75 Å². The molecule has 5 nitrogen and oxygen atoms in total. The number of thioether (sulfide) groups is 1. The third kappa shape index (κ3) is 5.14. The first kappa shape index (κ1) is 16.5. The molecule has 0 unspecified atom stereocenters. The van der Waals surface area contributed by atoms with Crippen LogP contribution in [0.3, 0.4) is 0 Å². The number of thiocarbonyl (C=S) groups is 1. The number of nitrogens with zero attached hydrogens (tertiary/aromatic N) is 1. The fourth-order valence-electron chi connectivity index (χ4n) is 2.01. The van der Waals surface area contributed by atoms with Crippen LogP contribution in [-0.4, -0.2) is 43.1 Å². The summed E-state index contributed by atoms with van der Waals surface area (Å²) in [7, 11) is -3.65. The fraction of sp³-hybridized carbons (Fsp3) is 0.462. The number of benzene rings is 1. The summed E-state index contributed by atoms with van der Waals surface area (Å²) < 4.78 is 28.7. The Morgan fingerprint density at radius 1 is 1.29 bits per heavy atom. The number of hydrogen-bond acceptors (Lipinski definition) is 5. The van der Waals surface area contributed by atoms with E-state index in [1.54, 1.807) is 23.9 Å². The Hall–Kier alpha value is -0.830. The minimum absolute atomic E-state index is 0.0828. The van der Waals surface area contributed by atoms with Crippen LogP contribution in [0.2, 0.25) is 0 Å². The Kier molecular flexibility index (Phi) is 5.86. The van der Waals surface area contributed by atoms with Crippen molar-refractivity contribution >= 4 is 38.3 Å². The normalized spacial score (nSPS) is 15.2. The number of hydrogen-bond donors (Lipinski definition) is 1. The van der Waals surface area contributed by atoms with Gasteiger partial charge in [0.05, 0.1) is 11.5 Å². The molecular weight excluding hydrogens is 328 g/mol. The molecule has 0 saturated carbocycles. The lowest BCUT2D eigenvalue weighted by Gasteiger charge is -2.17. The molecule has 1 aliphatic heterocycles. The molecule has 116 valence electrons. The summed E-state index contributed by atoms with van der Waals surface area (Å²) in [6.45, 7) is 2.64. The lowest BCUT2D eigenvalue weighted by atomic mass is 10.3. The second-order valence-corrected chi connectivity index (χ2v) is 7.96. The summed E-state index contributed by atoms with van der Waals surface area (Å²) >= 11 is 6.97. The fourth-order valence-corrected chi connectivity index (χ4v) is 3.66. The summed E-state index contributed by atoms with van der Waals surface area (Å²) in [5.41, 5.74) is 0. The molecule has 21 heavy (non-hydrogen) atoms. The molecule has 0 aromatic heterocycles. The largest absolute Gasteiger partial charge is 0.493 e. The van der Waals surface area contributed by atoms with Crippen molar-refractivity contribution in [1.29, 1.82) is 0 Å². The highest BCUT2D eigenvalue weighted by Crippen LogP contribution is 2.18. The smallest absolute Gasteiger partial charge is 0.238 e. The zero-order valence-electron chi connectivity index (χ0n) is 11.5. The third-order valence-corrected chi connectivity index (χ3v) is 5.51. The topological polar surface area (TPSA) is 72.6 Å². The van der Waals surface area contributed by atoms with E-state index < -0.39 is 10.0 Å². The third-order valence-electron chi connectivity index (χ3n) is 3.09. The zero-order chi connectivity index (χ0) is 15.3. The van der Waals surface area contributed by atoms with Gasteiger partial charge < -0.3 is 9.64 Å². The van der Waals surface area contributed by atoms with Gasteiger partial charge in [0.2, 0.25) is 10.0 Å². The van der Waals surface area contributed by atoms with Crippen molar-refractivity contribution in [3.05, 3.63) is 24.3 Å². The molecular formula is C13H18N2O3S3. The molecule has 1 aliphatic rings. The molecule has 0 aliphatic carbocycles. The van der Waals surface area contributed by atoms with Gasteiger partial charge >= 0.3 is 0 Å². The first-order valence-corrected chi connectivity index (χ1v) is 9.58. The van der Waals surface area contributed by atoms with E-state index in [1.807, 2.05) is 0 Å². The summed E-state index contributed by atoms with van der Waals surface area (Å²) in [5.74, 6) is 1.39. The van der Waals surface area contributed by atoms with Crippen molar-refractivity contribution in [3.8, 4) is 5.75 Å². The summed E-state index contributed by atoms with van der Waals surface area (Å²) in [6, 6.07) is 6.08. The minimum atomic E-state index is -3.65. The maximum atomic E-state index is 11.1. The Morgan fingerprint density at radius 2 is 1.90 bits per heavy atom. The second kappa shape index (κ2) is 7.44. The van der Waals surface area contributed by atoms with E-state index in [0.717, 1.165) is 23.2 Å². The van der Waals surface area contributed by atoms with Crippen LogP contribution >= 0.6 is 24.0 Å². The van der Waals surface area contributed by atoms with Gasteiger partial charge in [-0.2, -0.15) is 0 Å². The van der Waals surface area contributed by atoms with Crippen molar-refractivity contribution < 1.29 is 13.2 Å². The van der Waals surface area contributed by atoms with E-state index in [0.29, 0.717) is 12.4 Å². The summed E-state index contributed by atoms with van der Waals surface area (Å²) in [6.07, 6.45) is 2.43. The minimum Gasteiger partial charge on any atom is -0.493 e. The predicted molar refractivity (Wildman–Crippen MR) is 89.2 cm³/mol. The Balaban J connectivity index is 1.72. The lowest BCUT2D eigenvalue weighted by molar-refractivity contribution is 0.344. The van der Waals surface area contributed by atoms with Gasteiger partial charge in [0, 0.05) is 18.8 Å². The van der Waals surface area contributed by atoms with Gasteiger partial charge in [-0.1, -0.05) is 24.0 Å². The van der Waals surface area contributed by atoms with Crippen LogP contribution < -0.4 is 9.88 Å². The highest BCUT2D eigenvalue weighted by molar-refractivity contribution is 8.22. The van der Waals surface area contributed by atoms with Crippen molar-refractivity contribution in [1.82, 2.24) is 4.90 Å². The Bertz CT molecular complexity index is 581. The number of rotatable bonds is 5. The Labute approximate surface area is 134 Å². The highest BCUT2D eigenvalue weighted by Gasteiger charge is 2.14. The molecule has 1 heterocycles. The van der Waals surface area contributed by atoms with Gasteiger partial charge in [0.25, 0.3) is 0 Å². The molecule has 1 aromatic rings. The number of ether oxygens (including phenoxy) is 1. The van der Waals surface area contributed by atoms with E-state index in [-0.39, 0.29) is 4.90 Å². The maximum absolute atomic E-state index is 11.1. The lowest BCUT2D eigenvalue weighted by Crippen LogP contribution is -2.24. The van der Waals surface area contributed by atoms with Gasteiger partial charge in [0.15, 0.2) is 0 Å². The number of likely N-dealkylation sites (tertiary alicyclic amines) is 1. The average Bonchev–Trinajstić information content (AvgIpc) is 2.97. The van der Waals surface area contributed by atoms with E-state index in [1.165, 1.54) is 25.0 Å². The van der Waals surface area contributed by atoms with Gasteiger partial charge in [-0.05, 0) is 37.1 Å². The molecule has 8 heteroatoms. The number of primary sulfonamides is 1. The molecule has 0 spiro atoms. The van der Waals surface area contributed by atoms with Gasteiger partial charge in [0.1, 0.15) is 10.1 Å². The molecule has 0 bridgehead atoms. The van der Waals surface area contributed by atoms with E-state index in [2.05, 4.69) is 4.90 Å². The van der Waals surface area contributed by atoms with Gasteiger partial charge in [-0.15, -0.1) is 0 Å². The SMILES string of the molecule is NS(=O)(=O)c1ccc(OCCSC(=S)N2CCCC2)cc1. The molecule has 0 atom stereocenters. The zero-order valence-corrected chi connectivity index (χ0v) is 14.0. The molecule has 1 saturated heterocycles. The van der Waals surface area contributed by atoms with Gasteiger partial charge in [-0.25, -0.2) is 13.6 Å². The van der Waals surface area contributed by atoms with Crippen LogP contribution in [-0.2, 0) is 10.0 Å². The van der Waals surface area contributed by atoms with Crippen LogP contribution in [0.4, 0.5) is 0 Å². The van der Waals surface area contributed by atoms with Crippen LogP contribution in [0.1, 0.15) is 12.8 Å². The monoisotopic (exact) mass is 346 g/mol. The second-order valence-electron chi connectivity index (χ2n) is 4.67. The average molecular weight is 346 g/mol. The standard InChI is InChI=1S/C13H18N2O3S3/c14-21(16,17)12-5-3-11(4-6-12)18-9-10-20-13(19)15-7-1-2-8-15/h3-6H,1-2,7-10H2,(H2,14,16,17). The van der Waals surface area contributed by atoms with Crippen LogP contribution in [0.25, 0.3) is 0 Å². The highest BCUT2D eigenvalue weighted by atomic mass is 32.2. The molecule has 2 N–H and O–H groups in total. The van der Waals surface area contributed by atoms with Crippen molar-refractivity contribution in [2.75, 3.05) is 25.4 Å². The van der Waals surface area contributed by atoms with Gasteiger partial charge in [-0.3, -0.25) is 0 Å². The molecule has 1 fully saturated rings.